The number of nitrogens with zero attached hydrogens (tertiary/aromatic N) is 3. The van der Waals surface area contributed by atoms with Gasteiger partial charge in [-0.1, -0.05) is 6.92 Å². The predicted octanol–water partition coefficient (Wildman–Crippen LogP) is 1.58. The Balaban J connectivity index is 1.34. The third-order valence-corrected chi connectivity index (χ3v) is 5.16. The molecule has 1 saturated carbocycles. The van der Waals surface area contributed by atoms with Gasteiger partial charge in [-0.25, -0.2) is 4.98 Å². The smallest absolute Gasteiger partial charge is 0.232 e. The Kier molecular flexibility index (Phi) is 3.52. The maximum absolute atomic E-state index is 12.3. The lowest BCUT2D eigenvalue weighted by atomic mass is 9.84. The van der Waals surface area contributed by atoms with Gasteiger partial charge in [0.1, 0.15) is 11.7 Å². The second kappa shape index (κ2) is 5.44. The van der Waals surface area contributed by atoms with Crippen molar-refractivity contribution in [3.8, 4) is 5.88 Å². The van der Waals surface area contributed by atoms with Gasteiger partial charge in [-0.3, -0.25) is 9.78 Å². The van der Waals surface area contributed by atoms with Crippen molar-refractivity contribution in [3.05, 3.63) is 18.1 Å². The van der Waals surface area contributed by atoms with Crippen LogP contribution in [0.3, 0.4) is 0 Å². The van der Waals surface area contributed by atoms with Crippen molar-refractivity contribution in [1.82, 2.24) is 14.9 Å². The number of amides is 1. The first-order valence-corrected chi connectivity index (χ1v) is 8.43. The molecular formula is C17H23N3O3. The standard InChI is InChI=1S/C17H23N3O3/c1-11-5-14(11)16(21)20-9-17(10-20)6-13(3-4-22-17)23-15-8-18-7-12(2)19-15/h7-8,11,13-14H,3-6,9-10H2,1-2H3/t11-,13+,14-/m0/s1. The second-order valence-electron chi connectivity index (χ2n) is 7.28. The molecule has 3 heterocycles. The molecule has 0 N–H and O–H groups in total. The summed E-state index contributed by atoms with van der Waals surface area (Å²) in [6.45, 7) is 6.12. The highest BCUT2D eigenvalue weighted by Crippen LogP contribution is 2.43. The maximum atomic E-state index is 12.3. The van der Waals surface area contributed by atoms with Gasteiger partial charge in [-0.15, -0.1) is 0 Å². The zero-order valence-electron chi connectivity index (χ0n) is 13.7. The van der Waals surface area contributed by atoms with Crippen LogP contribution in [0.25, 0.3) is 0 Å². The van der Waals surface area contributed by atoms with E-state index in [4.69, 9.17) is 9.47 Å². The number of aryl methyl sites for hydroxylation is 1. The first-order chi connectivity index (χ1) is 11.0. The molecule has 6 heteroatoms. The number of carbonyl (C=O) groups excluding carboxylic acids is 1. The van der Waals surface area contributed by atoms with Crippen molar-refractivity contribution in [2.24, 2.45) is 11.8 Å². The molecule has 124 valence electrons. The van der Waals surface area contributed by atoms with Gasteiger partial charge in [0.25, 0.3) is 0 Å². The minimum atomic E-state index is -0.214. The lowest BCUT2D eigenvalue weighted by molar-refractivity contribution is -0.194. The highest BCUT2D eigenvalue weighted by molar-refractivity contribution is 5.82. The fraction of sp³-hybridized carbons (Fsp3) is 0.706. The van der Waals surface area contributed by atoms with E-state index in [0.29, 0.717) is 37.4 Å². The Labute approximate surface area is 136 Å². The molecule has 3 aliphatic rings. The van der Waals surface area contributed by atoms with Crippen molar-refractivity contribution in [3.63, 3.8) is 0 Å². The first kappa shape index (κ1) is 14.9. The van der Waals surface area contributed by atoms with Crippen molar-refractivity contribution in [2.45, 2.75) is 44.8 Å². The molecule has 23 heavy (non-hydrogen) atoms. The third-order valence-electron chi connectivity index (χ3n) is 5.16. The van der Waals surface area contributed by atoms with Gasteiger partial charge in [0.15, 0.2) is 0 Å². The number of likely N-dealkylation sites (tertiary alicyclic amines) is 1. The molecular weight excluding hydrogens is 294 g/mol. The molecule has 2 saturated heterocycles. The Morgan fingerprint density at radius 3 is 2.91 bits per heavy atom. The summed E-state index contributed by atoms with van der Waals surface area (Å²) in [6.07, 6.45) is 6.16. The van der Waals surface area contributed by atoms with Crippen LogP contribution in [0.4, 0.5) is 0 Å². The molecule has 1 aliphatic carbocycles. The summed E-state index contributed by atoms with van der Waals surface area (Å²) < 4.78 is 12.0. The molecule has 1 spiro atoms. The summed E-state index contributed by atoms with van der Waals surface area (Å²) in [5.74, 6) is 1.69. The van der Waals surface area contributed by atoms with Crippen LogP contribution in [0.1, 0.15) is 31.9 Å². The van der Waals surface area contributed by atoms with Crippen molar-refractivity contribution >= 4 is 5.91 Å². The van der Waals surface area contributed by atoms with Gasteiger partial charge < -0.3 is 14.4 Å². The highest BCUT2D eigenvalue weighted by Gasteiger charge is 2.53. The summed E-state index contributed by atoms with van der Waals surface area (Å²) in [6, 6.07) is 0. The zero-order valence-corrected chi connectivity index (χ0v) is 13.7. The van der Waals surface area contributed by atoms with E-state index in [0.717, 1.165) is 25.0 Å². The minimum absolute atomic E-state index is 0.0805. The van der Waals surface area contributed by atoms with Gasteiger partial charge in [-0.2, -0.15) is 0 Å². The average molecular weight is 317 g/mol. The van der Waals surface area contributed by atoms with Crippen molar-refractivity contribution in [1.29, 1.82) is 0 Å². The Morgan fingerprint density at radius 2 is 2.22 bits per heavy atom. The summed E-state index contributed by atoms with van der Waals surface area (Å²) in [4.78, 5) is 22.7. The SMILES string of the molecule is Cc1cncc(O[C@@H]2CCOC3(C2)CN(C(=O)[C@H]2C[C@@H]2C)C3)n1. The molecule has 6 nitrogen and oxygen atoms in total. The second-order valence-corrected chi connectivity index (χ2v) is 7.28. The van der Waals surface area contributed by atoms with Gasteiger partial charge in [-0.05, 0) is 19.3 Å². The fourth-order valence-electron chi connectivity index (χ4n) is 3.68. The largest absolute Gasteiger partial charge is 0.473 e. The highest BCUT2D eigenvalue weighted by atomic mass is 16.5. The normalized spacial score (nSPS) is 31.6. The van der Waals surface area contributed by atoms with Crippen LogP contribution in [0.5, 0.6) is 5.88 Å². The number of aromatic nitrogens is 2. The Bertz CT molecular complexity index is 615. The summed E-state index contributed by atoms with van der Waals surface area (Å²) >= 11 is 0. The molecule has 3 fully saturated rings. The van der Waals surface area contributed by atoms with Crippen molar-refractivity contribution < 1.29 is 14.3 Å². The molecule has 2 aliphatic heterocycles. The lowest BCUT2D eigenvalue weighted by Gasteiger charge is -2.53. The van der Waals surface area contributed by atoms with E-state index in [9.17, 15) is 4.79 Å². The van der Waals surface area contributed by atoms with Crippen LogP contribution in [0, 0.1) is 18.8 Å². The van der Waals surface area contributed by atoms with Gasteiger partial charge in [0, 0.05) is 25.0 Å². The molecule has 0 radical (unpaired) electrons. The van der Waals surface area contributed by atoms with Gasteiger partial charge in [0.05, 0.1) is 31.6 Å². The van der Waals surface area contributed by atoms with E-state index in [1.165, 1.54) is 0 Å². The minimum Gasteiger partial charge on any atom is -0.473 e. The Morgan fingerprint density at radius 1 is 1.43 bits per heavy atom. The molecule has 0 aromatic carbocycles. The van der Waals surface area contributed by atoms with Crippen LogP contribution >= 0.6 is 0 Å². The van der Waals surface area contributed by atoms with Crippen LogP contribution in [-0.4, -0.2) is 52.2 Å². The lowest BCUT2D eigenvalue weighted by Crippen LogP contribution is -2.67. The van der Waals surface area contributed by atoms with Crippen LogP contribution in [0.2, 0.25) is 0 Å². The van der Waals surface area contributed by atoms with Crippen LogP contribution in [-0.2, 0) is 9.53 Å². The first-order valence-electron chi connectivity index (χ1n) is 8.43. The molecule has 3 atom stereocenters. The maximum Gasteiger partial charge on any atom is 0.232 e. The monoisotopic (exact) mass is 317 g/mol. The summed E-state index contributed by atoms with van der Waals surface area (Å²) in [7, 11) is 0. The van der Waals surface area contributed by atoms with Gasteiger partial charge >= 0.3 is 0 Å². The summed E-state index contributed by atoms with van der Waals surface area (Å²) in [5, 5.41) is 0. The molecule has 1 aromatic heterocycles. The number of ether oxygens (including phenoxy) is 2. The average Bonchev–Trinajstić information content (AvgIpc) is 3.21. The quantitative estimate of drug-likeness (QED) is 0.847. The Hall–Kier alpha value is -1.69. The van der Waals surface area contributed by atoms with E-state index in [-0.39, 0.29) is 17.6 Å². The van der Waals surface area contributed by atoms with Crippen LogP contribution in [0.15, 0.2) is 12.4 Å². The number of hydrogen-bond acceptors (Lipinski definition) is 5. The molecule has 1 amide bonds. The third kappa shape index (κ3) is 2.92. The predicted molar refractivity (Wildman–Crippen MR) is 83.0 cm³/mol. The molecule has 4 rings (SSSR count). The van der Waals surface area contributed by atoms with E-state index >= 15 is 0 Å². The molecule has 1 aromatic rings. The molecule has 0 unspecified atom stereocenters. The van der Waals surface area contributed by atoms with Crippen molar-refractivity contribution in [2.75, 3.05) is 19.7 Å². The molecule has 0 bridgehead atoms. The number of rotatable bonds is 3. The zero-order chi connectivity index (χ0) is 16.0. The van der Waals surface area contributed by atoms with Gasteiger partial charge in [0.2, 0.25) is 11.8 Å². The van der Waals surface area contributed by atoms with E-state index in [1.807, 2.05) is 11.8 Å². The number of carbonyl (C=O) groups is 1. The fourth-order valence-corrected chi connectivity index (χ4v) is 3.68. The van der Waals surface area contributed by atoms with E-state index in [1.54, 1.807) is 12.4 Å². The van der Waals surface area contributed by atoms with Crippen LogP contribution < -0.4 is 4.74 Å². The topological polar surface area (TPSA) is 64.6 Å². The number of hydrogen-bond donors (Lipinski definition) is 0. The summed E-state index contributed by atoms with van der Waals surface area (Å²) in [5.41, 5.74) is 0.636. The van der Waals surface area contributed by atoms with E-state index in [2.05, 4.69) is 16.9 Å². The van der Waals surface area contributed by atoms with E-state index < -0.39 is 0 Å².